The van der Waals surface area contributed by atoms with Gasteiger partial charge in [-0.15, -0.1) is 0 Å². The summed E-state index contributed by atoms with van der Waals surface area (Å²) in [5, 5.41) is 16.9. The van der Waals surface area contributed by atoms with Crippen LogP contribution in [0.2, 0.25) is 10.0 Å². The first-order chi connectivity index (χ1) is 19.1. The van der Waals surface area contributed by atoms with E-state index in [1.165, 1.54) is 6.42 Å². The minimum Gasteiger partial charge on any atom is -0.488 e. The van der Waals surface area contributed by atoms with Crippen molar-refractivity contribution in [2.24, 2.45) is 5.92 Å². The molecule has 2 aliphatic rings. The normalized spacial score (nSPS) is 20.8. The van der Waals surface area contributed by atoms with Crippen molar-refractivity contribution in [3.63, 3.8) is 0 Å². The van der Waals surface area contributed by atoms with E-state index in [0.717, 1.165) is 31.2 Å². The summed E-state index contributed by atoms with van der Waals surface area (Å²) in [6.45, 7) is 5.39. The molecule has 0 saturated heterocycles. The minimum atomic E-state index is -0.373. The van der Waals surface area contributed by atoms with E-state index in [1.807, 2.05) is 26.1 Å². The molecule has 1 heterocycles. The summed E-state index contributed by atoms with van der Waals surface area (Å²) >= 11 is 12.3. The van der Waals surface area contributed by atoms with Gasteiger partial charge in [0.15, 0.2) is 0 Å². The monoisotopic (exact) mass is 590 g/mol. The molecule has 0 unspecified atom stereocenters. The molecular formula is C30H40Cl2N4O4. The average molecular weight is 592 g/mol. The van der Waals surface area contributed by atoms with Crippen LogP contribution in [0.25, 0.3) is 0 Å². The second-order valence-electron chi connectivity index (χ2n) is 11.2. The smallest absolute Gasteiger partial charge is 0.319 e. The van der Waals surface area contributed by atoms with E-state index in [4.69, 9.17) is 27.9 Å². The lowest BCUT2D eigenvalue weighted by molar-refractivity contribution is 0.0341. The Balaban J connectivity index is 1.53. The van der Waals surface area contributed by atoms with Crippen LogP contribution in [0.4, 0.5) is 10.5 Å². The zero-order valence-corrected chi connectivity index (χ0v) is 25.0. The number of benzene rings is 2. The number of aliphatic hydroxyl groups is 1. The molecule has 0 aromatic heterocycles. The quantitative estimate of drug-likeness (QED) is 0.361. The lowest BCUT2D eigenvalue weighted by Crippen LogP contribution is -2.49. The molecular weight excluding hydrogens is 551 g/mol. The van der Waals surface area contributed by atoms with Crippen LogP contribution in [0, 0.1) is 5.92 Å². The number of amides is 3. The van der Waals surface area contributed by atoms with Gasteiger partial charge in [-0.1, -0.05) is 55.5 Å². The number of hydrogen-bond acceptors (Lipinski definition) is 5. The molecule has 0 spiro atoms. The van der Waals surface area contributed by atoms with E-state index in [-0.39, 0.29) is 42.7 Å². The first-order valence-corrected chi connectivity index (χ1v) is 14.8. The highest BCUT2D eigenvalue weighted by Gasteiger charge is 2.33. The van der Waals surface area contributed by atoms with Gasteiger partial charge in [0, 0.05) is 37.3 Å². The zero-order valence-electron chi connectivity index (χ0n) is 23.5. The lowest BCUT2D eigenvalue weighted by atomic mass is 9.96. The first kappa shape index (κ1) is 30.4. The zero-order chi connectivity index (χ0) is 28.8. The maximum atomic E-state index is 13.7. The van der Waals surface area contributed by atoms with Crippen LogP contribution < -0.4 is 15.4 Å². The third-order valence-electron chi connectivity index (χ3n) is 7.79. The number of likely N-dealkylation sites (N-methyl/N-ethyl adjacent to an activating group) is 1. The van der Waals surface area contributed by atoms with Gasteiger partial charge in [-0.05, 0) is 62.7 Å². The SMILES string of the molecule is C[C@H](CO)N1C[C@H](C)[C@H](CN(C)Cc2ccc(Cl)c(Cl)c2)Oc2ccc(NC(=O)NC3CCCCC3)cc2C1=O. The van der Waals surface area contributed by atoms with Gasteiger partial charge in [-0.25, -0.2) is 4.79 Å². The summed E-state index contributed by atoms with van der Waals surface area (Å²) in [5.74, 6) is 0.210. The number of urea groups is 1. The maximum Gasteiger partial charge on any atom is 0.319 e. The number of ether oxygens (including phenoxy) is 1. The number of nitrogens with one attached hydrogen (secondary N) is 2. The number of anilines is 1. The standard InChI is InChI=1S/C30H40Cl2N4O4/c1-19-15-36(20(2)18-37)29(38)24-14-23(34-30(39)33-22-7-5-4-6-8-22)10-12-27(24)40-28(19)17-35(3)16-21-9-11-25(31)26(32)13-21/h9-14,19-20,22,28,37H,4-8,15-18H2,1-3H3,(H2,33,34,39)/t19-,20+,28-/m0/s1. The molecule has 3 atom stereocenters. The predicted molar refractivity (Wildman–Crippen MR) is 159 cm³/mol. The molecule has 1 fully saturated rings. The van der Waals surface area contributed by atoms with Crippen LogP contribution in [0.3, 0.4) is 0 Å². The number of carbonyl (C=O) groups excluding carboxylic acids is 2. The summed E-state index contributed by atoms with van der Waals surface area (Å²) in [7, 11) is 2.01. The molecule has 4 rings (SSSR count). The highest BCUT2D eigenvalue weighted by molar-refractivity contribution is 6.42. The van der Waals surface area contributed by atoms with Crippen molar-refractivity contribution < 1.29 is 19.4 Å². The van der Waals surface area contributed by atoms with E-state index in [0.29, 0.717) is 46.7 Å². The summed E-state index contributed by atoms with van der Waals surface area (Å²) in [6, 6.07) is 10.3. The Morgan fingerprint density at radius 3 is 2.60 bits per heavy atom. The van der Waals surface area contributed by atoms with Gasteiger partial charge in [0.05, 0.1) is 28.3 Å². The number of halogens is 2. The Hall–Kier alpha value is -2.52. The Morgan fingerprint density at radius 1 is 1.15 bits per heavy atom. The van der Waals surface area contributed by atoms with Gasteiger partial charge in [-0.2, -0.15) is 0 Å². The second kappa shape index (κ2) is 13.9. The fourth-order valence-electron chi connectivity index (χ4n) is 5.44. The molecule has 40 heavy (non-hydrogen) atoms. The van der Waals surface area contributed by atoms with Crippen molar-refractivity contribution in [1.82, 2.24) is 15.1 Å². The first-order valence-electron chi connectivity index (χ1n) is 14.1. The van der Waals surface area contributed by atoms with Gasteiger partial charge in [0.1, 0.15) is 11.9 Å². The van der Waals surface area contributed by atoms with Crippen molar-refractivity contribution in [1.29, 1.82) is 0 Å². The van der Waals surface area contributed by atoms with E-state index in [1.54, 1.807) is 29.2 Å². The van der Waals surface area contributed by atoms with Crippen molar-refractivity contribution in [2.75, 3.05) is 32.1 Å². The molecule has 0 bridgehead atoms. The summed E-state index contributed by atoms with van der Waals surface area (Å²) in [5.41, 5.74) is 1.91. The van der Waals surface area contributed by atoms with E-state index in [2.05, 4.69) is 22.5 Å². The Bertz CT molecular complexity index is 1190. The fourth-order valence-corrected chi connectivity index (χ4v) is 5.76. The average Bonchev–Trinajstić information content (AvgIpc) is 2.93. The van der Waals surface area contributed by atoms with Gasteiger partial charge in [0.2, 0.25) is 0 Å². The van der Waals surface area contributed by atoms with Crippen LogP contribution in [0.5, 0.6) is 5.75 Å². The largest absolute Gasteiger partial charge is 0.488 e. The Labute approximate surface area is 247 Å². The third kappa shape index (κ3) is 7.81. The van der Waals surface area contributed by atoms with Crippen LogP contribution in [-0.2, 0) is 6.54 Å². The number of fused-ring (bicyclic) bond motifs is 1. The summed E-state index contributed by atoms with van der Waals surface area (Å²) in [6.07, 6.45) is 5.18. The topological polar surface area (TPSA) is 94.1 Å². The van der Waals surface area contributed by atoms with E-state index in [9.17, 15) is 14.7 Å². The summed E-state index contributed by atoms with van der Waals surface area (Å²) in [4.78, 5) is 30.2. The van der Waals surface area contributed by atoms with Crippen molar-refractivity contribution in [2.45, 2.75) is 70.7 Å². The minimum absolute atomic E-state index is 0.0126. The highest BCUT2D eigenvalue weighted by atomic mass is 35.5. The summed E-state index contributed by atoms with van der Waals surface area (Å²) < 4.78 is 6.49. The molecule has 1 saturated carbocycles. The molecule has 2 aromatic rings. The van der Waals surface area contributed by atoms with Crippen molar-refractivity contribution >= 4 is 40.8 Å². The van der Waals surface area contributed by atoms with Crippen molar-refractivity contribution in [3.8, 4) is 5.75 Å². The van der Waals surface area contributed by atoms with Crippen molar-refractivity contribution in [3.05, 3.63) is 57.6 Å². The third-order valence-corrected chi connectivity index (χ3v) is 8.53. The molecule has 8 nitrogen and oxygen atoms in total. The number of nitrogens with zero attached hydrogens (tertiary/aromatic N) is 2. The Kier molecular flexibility index (Phi) is 10.6. The fraction of sp³-hybridized carbons (Fsp3) is 0.533. The lowest BCUT2D eigenvalue weighted by Gasteiger charge is -2.38. The second-order valence-corrected chi connectivity index (χ2v) is 12.0. The van der Waals surface area contributed by atoms with Gasteiger partial charge in [0.25, 0.3) is 5.91 Å². The molecule has 1 aliphatic carbocycles. The van der Waals surface area contributed by atoms with E-state index >= 15 is 0 Å². The molecule has 3 N–H and O–H groups in total. The predicted octanol–water partition coefficient (Wildman–Crippen LogP) is 5.80. The van der Waals surface area contributed by atoms with Crippen LogP contribution >= 0.6 is 23.2 Å². The molecule has 10 heteroatoms. The molecule has 218 valence electrons. The van der Waals surface area contributed by atoms with Gasteiger partial charge < -0.3 is 25.4 Å². The number of hydrogen-bond donors (Lipinski definition) is 3. The number of aliphatic hydroxyl groups excluding tert-OH is 1. The van der Waals surface area contributed by atoms with E-state index < -0.39 is 0 Å². The highest BCUT2D eigenvalue weighted by Crippen LogP contribution is 2.31. The molecule has 2 aromatic carbocycles. The molecule has 0 radical (unpaired) electrons. The van der Waals surface area contributed by atoms with Crippen LogP contribution in [-0.4, -0.2) is 71.8 Å². The Morgan fingerprint density at radius 2 is 1.90 bits per heavy atom. The number of rotatable bonds is 8. The maximum absolute atomic E-state index is 13.7. The van der Waals surface area contributed by atoms with Gasteiger partial charge in [-0.3, -0.25) is 9.69 Å². The molecule has 1 aliphatic heterocycles. The van der Waals surface area contributed by atoms with Gasteiger partial charge >= 0.3 is 6.03 Å². The molecule has 3 amide bonds. The van der Waals surface area contributed by atoms with Crippen LogP contribution in [0.15, 0.2) is 36.4 Å². The van der Waals surface area contributed by atoms with Crippen LogP contribution in [0.1, 0.15) is 61.9 Å². The number of carbonyl (C=O) groups is 2.